The predicted octanol–water partition coefficient (Wildman–Crippen LogP) is 5.50. The van der Waals surface area contributed by atoms with Crippen LogP contribution in [0.4, 0.5) is 20.3 Å². The van der Waals surface area contributed by atoms with Crippen LogP contribution in [0.3, 0.4) is 0 Å². The molecule has 3 heterocycles. The third kappa shape index (κ3) is 4.98. The SMILES string of the molecule is Cc1cc(Oc2c(F)cccc2Cl)ncc1-n1ncc(C(=O)c2cc3cc(F)c(NS(=O)(=O)C4CC4)cc3[nH]2)c1N. The Morgan fingerprint density at radius 3 is 2.66 bits per heavy atom. The van der Waals surface area contributed by atoms with Crippen LogP contribution >= 0.6 is 11.6 Å². The first-order valence-electron chi connectivity index (χ1n) is 12.3. The largest absolute Gasteiger partial charge is 0.434 e. The molecule has 0 unspecified atom stereocenters. The number of aromatic amines is 1. The molecule has 0 bridgehead atoms. The number of pyridine rings is 1. The van der Waals surface area contributed by atoms with Gasteiger partial charge in [-0.3, -0.25) is 9.52 Å². The van der Waals surface area contributed by atoms with Gasteiger partial charge in [-0.15, -0.1) is 0 Å². The number of para-hydroxylation sites is 1. The molecule has 0 radical (unpaired) electrons. The number of aromatic nitrogens is 4. The number of carbonyl (C=O) groups is 1. The van der Waals surface area contributed by atoms with Crippen LogP contribution in [0.15, 0.2) is 54.9 Å². The van der Waals surface area contributed by atoms with E-state index in [1.54, 1.807) is 13.0 Å². The Bertz CT molecular complexity index is 1950. The van der Waals surface area contributed by atoms with Crippen molar-refractivity contribution in [2.75, 3.05) is 10.5 Å². The van der Waals surface area contributed by atoms with Gasteiger partial charge >= 0.3 is 0 Å². The molecule has 1 aliphatic rings. The Hall–Kier alpha value is -4.49. The number of nitrogens with one attached hydrogen (secondary N) is 2. The number of rotatable bonds is 8. The summed E-state index contributed by atoms with van der Waals surface area (Å²) < 4.78 is 62.4. The van der Waals surface area contributed by atoms with Crippen molar-refractivity contribution in [3.63, 3.8) is 0 Å². The number of nitrogens with zero attached hydrogens (tertiary/aromatic N) is 3. The summed E-state index contributed by atoms with van der Waals surface area (Å²) in [7, 11) is -3.67. The van der Waals surface area contributed by atoms with Crippen LogP contribution in [-0.2, 0) is 10.0 Å². The Kier molecular flexibility index (Phi) is 6.42. The molecule has 2 aromatic carbocycles. The molecule has 0 aliphatic heterocycles. The number of anilines is 2. The molecule has 14 heteroatoms. The van der Waals surface area contributed by atoms with Gasteiger partial charge in [-0.25, -0.2) is 26.9 Å². The number of nitrogens with two attached hydrogens (primary N) is 1. The Balaban J connectivity index is 1.26. The number of sulfonamides is 1. The molecule has 0 amide bonds. The standard InChI is InChI=1S/C27H21ClF2N6O4S/c1-13-7-24(40-26-17(28)3-2-4-18(26)29)32-12-23(13)36-27(31)16(11-33-36)25(37)22-9-14-8-19(30)21(10-20(14)34-22)35-41(38,39)15-5-6-15/h2-4,7-12,15,34-35H,5-6,31H2,1H3. The molecular formula is C27H21ClF2N6O4S. The monoisotopic (exact) mass is 598 g/mol. The number of fused-ring (bicyclic) bond motifs is 1. The second-order valence-electron chi connectivity index (χ2n) is 9.60. The molecular weight excluding hydrogens is 578 g/mol. The van der Waals surface area contributed by atoms with Gasteiger partial charge in [0.2, 0.25) is 21.7 Å². The number of ketones is 1. The molecule has 1 saturated carbocycles. The number of nitrogen functional groups attached to an aromatic ring is 1. The summed E-state index contributed by atoms with van der Waals surface area (Å²) in [4.78, 5) is 20.4. The molecule has 10 nitrogen and oxygen atoms in total. The topological polar surface area (TPSA) is 145 Å². The van der Waals surface area contributed by atoms with Gasteiger partial charge in [0, 0.05) is 17.0 Å². The van der Waals surface area contributed by atoms with Crippen molar-refractivity contribution in [1.29, 1.82) is 0 Å². The van der Waals surface area contributed by atoms with Crippen molar-refractivity contribution in [1.82, 2.24) is 19.7 Å². The van der Waals surface area contributed by atoms with E-state index < -0.39 is 32.7 Å². The van der Waals surface area contributed by atoms with Crippen LogP contribution in [-0.4, -0.2) is 39.2 Å². The molecule has 0 spiro atoms. The minimum absolute atomic E-state index is 0.0217. The third-order valence-electron chi connectivity index (χ3n) is 6.63. The van der Waals surface area contributed by atoms with E-state index in [1.807, 2.05) is 0 Å². The van der Waals surface area contributed by atoms with Crippen molar-refractivity contribution >= 4 is 49.8 Å². The highest BCUT2D eigenvalue weighted by molar-refractivity contribution is 7.93. The van der Waals surface area contributed by atoms with Gasteiger partial charge in [-0.05, 0) is 55.7 Å². The second-order valence-corrected chi connectivity index (χ2v) is 12.0. The average molecular weight is 599 g/mol. The summed E-state index contributed by atoms with van der Waals surface area (Å²) in [5.41, 5.74) is 7.68. The molecule has 4 N–H and O–H groups in total. The van der Waals surface area contributed by atoms with E-state index >= 15 is 0 Å². The van der Waals surface area contributed by atoms with Gasteiger partial charge in [-0.1, -0.05) is 17.7 Å². The van der Waals surface area contributed by atoms with Crippen LogP contribution in [0, 0.1) is 18.6 Å². The fourth-order valence-electron chi connectivity index (χ4n) is 4.32. The minimum Gasteiger partial charge on any atom is -0.434 e. The van der Waals surface area contributed by atoms with Crippen LogP contribution in [0.25, 0.3) is 16.6 Å². The lowest BCUT2D eigenvalue weighted by Crippen LogP contribution is -2.18. The van der Waals surface area contributed by atoms with E-state index in [1.165, 1.54) is 47.4 Å². The van der Waals surface area contributed by atoms with Gasteiger partial charge in [-0.2, -0.15) is 5.10 Å². The van der Waals surface area contributed by atoms with Gasteiger partial charge in [0.15, 0.2) is 11.6 Å². The van der Waals surface area contributed by atoms with Crippen LogP contribution in [0.1, 0.15) is 34.5 Å². The average Bonchev–Trinajstić information content (AvgIpc) is 3.62. The Morgan fingerprint density at radius 2 is 1.95 bits per heavy atom. The molecule has 0 atom stereocenters. The quantitative estimate of drug-likeness (QED) is 0.200. The van der Waals surface area contributed by atoms with Crippen LogP contribution in [0.2, 0.25) is 5.02 Å². The van der Waals surface area contributed by atoms with E-state index in [2.05, 4.69) is 19.8 Å². The van der Waals surface area contributed by atoms with Gasteiger partial charge in [0.1, 0.15) is 11.6 Å². The lowest BCUT2D eigenvalue weighted by atomic mass is 10.1. The predicted molar refractivity (Wildman–Crippen MR) is 149 cm³/mol. The van der Waals surface area contributed by atoms with Crippen molar-refractivity contribution in [3.8, 4) is 17.3 Å². The highest BCUT2D eigenvalue weighted by atomic mass is 35.5. The molecule has 1 fully saturated rings. The molecule has 0 saturated heterocycles. The highest BCUT2D eigenvalue weighted by Crippen LogP contribution is 2.34. The number of hydrogen-bond donors (Lipinski definition) is 3. The second kappa shape index (κ2) is 9.85. The molecule has 41 heavy (non-hydrogen) atoms. The lowest BCUT2D eigenvalue weighted by molar-refractivity contribution is 0.103. The van der Waals surface area contributed by atoms with Crippen molar-refractivity contribution in [2.45, 2.75) is 25.0 Å². The van der Waals surface area contributed by atoms with E-state index in [0.717, 1.165) is 6.07 Å². The summed E-state index contributed by atoms with van der Waals surface area (Å²) >= 11 is 6.03. The fourth-order valence-corrected chi connectivity index (χ4v) is 5.91. The molecule has 1 aliphatic carbocycles. The van der Waals surface area contributed by atoms with Crippen LogP contribution < -0.4 is 15.2 Å². The molecule has 6 rings (SSSR count). The van der Waals surface area contributed by atoms with Crippen molar-refractivity contribution in [2.24, 2.45) is 0 Å². The van der Waals surface area contributed by atoms with Gasteiger partial charge in [0.25, 0.3) is 0 Å². The van der Waals surface area contributed by atoms with Crippen molar-refractivity contribution in [3.05, 3.63) is 88.3 Å². The van der Waals surface area contributed by atoms with E-state index in [4.69, 9.17) is 22.1 Å². The van der Waals surface area contributed by atoms with E-state index in [-0.39, 0.29) is 39.4 Å². The third-order valence-corrected chi connectivity index (χ3v) is 8.78. The Morgan fingerprint density at radius 1 is 1.17 bits per heavy atom. The lowest BCUT2D eigenvalue weighted by Gasteiger charge is -2.11. The summed E-state index contributed by atoms with van der Waals surface area (Å²) in [5, 5.41) is 4.17. The first-order chi connectivity index (χ1) is 19.5. The number of aryl methyl sites for hydroxylation is 1. The summed E-state index contributed by atoms with van der Waals surface area (Å²) in [5.74, 6) is -1.97. The highest BCUT2D eigenvalue weighted by Gasteiger charge is 2.36. The number of halogens is 3. The van der Waals surface area contributed by atoms with Gasteiger partial charge in [0.05, 0.1) is 45.3 Å². The first kappa shape index (κ1) is 26.7. The number of hydrogen-bond acceptors (Lipinski definition) is 7. The zero-order valence-corrected chi connectivity index (χ0v) is 22.9. The maximum Gasteiger partial charge on any atom is 0.235 e. The van der Waals surface area contributed by atoms with E-state index in [0.29, 0.717) is 35.0 Å². The van der Waals surface area contributed by atoms with E-state index in [9.17, 15) is 22.0 Å². The fraction of sp³-hybridized carbons (Fsp3) is 0.148. The smallest absolute Gasteiger partial charge is 0.235 e. The van der Waals surface area contributed by atoms with Crippen LogP contribution in [0.5, 0.6) is 11.6 Å². The number of H-pyrrole nitrogens is 1. The zero-order chi connectivity index (χ0) is 29.1. The van der Waals surface area contributed by atoms with Gasteiger partial charge < -0.3 is 15.5 Å². The number of carbonyl (C=O) groups excluding carboxylic acids is 1. The normalized spacial score (nSPS) is 13.5. The number of benzene rings is 2. The maximum absolute atomic E-state index is 14.7. The summed E-state index contributed by atoms with van der Waals surface area (Å²) in [6, 6.07) is 9.60. The Labute approximate surface area is 237 Å². The molecule has 210 valence electrons. The molecule has 3 aromatic heterocycles. The number of ether oxygens (including phenoxy) is 1. The summed E-state index contributed by atoms with van der Waals surface area (Å²) in [6.07, 6.45) is 3.77. The first-order valence-corrected chi connectivity index (χ1v) is 14.2. The maximum atomic E-state index is 14.7. The summed E-state index contributed by atoms with van der Waals surface area (Å²) in [6.45, 7) is 1.73. The molecule has 5 aromatic rings. The zero-order valence-electron chi connectivity index (χ0n) is 21.3. The minimum atomic E-state index is -3.67. The van der Waals surface area contributed by atoms with Crippen molar-refractivity contribution < 1.29 is 26.7 Å².